The Morgan fingerprint density at radius 3 is 2.23 bits per heavy atom. The van der Waals surface area contributed by atoms with Crippen molar-refractivity contribution in [2.24, 2.45) is 0 Å². The first-order chi connectivity index (χ1) is 13.8. The van der Waals surface area contributed by atoms with Gasteiger partial charge in [0.25, 0.3) is 0 Å². The normalized spacial score (nSPS) is 12.6. The number of ketones is 1. The van der Waals surface area contributed by atoms with Crippen molar-refractivity contribution < 1.29 is 36.2 Å². The van der Waals surface area contributed by atoms with Crippen LogP contribution in [0.15, 0.2) is 22.8 Å². The number of phenols is 1. The number of rotatable bonds is 3. The molecule has 12 heteroatoms. The first kappa shape index (κ1) is 22.1. The van der Waals surface area contributed by atoms with Crippen LogP contribution in [0, 0.1) is 0 Å². The standard InChI is InChI=1S/C18H12BrF6N3O2/c1-3-12-13(7(2)29)27-16-26-6-10(18(23,24)25)14(28(12)16)8-4-9(17(20,21)22)15(30)11(19)5-8/h4-6,30H,3H2,1-2H3. The number of alkyl halides is 6. The molecule has 0 bridgehead atoms. The molecule has 0 unspecified atom stereocenters. The summed E-state index contributed by atoms with van der Waals surface area (Å²) in [6.07, 6.45) is -9.47. The average molecular weight is 496 g/mol. The Kier molecular flexibility index (Phi) is 5.34. The highest BCUT2D eigenvalue weighted by molar-refractivity contribution is 9.10. The number of fused-ring (bicyclic) bond motifs is 1. The van der Waals surface area contributed by atoms with Gasteiger partial charge in [0.1, 0.15) is 11.4 Å². The van der Waals surface area contributed by atoms with Crippen LogP contribution < -0.4 is 0 Å². The van der Waals surface area contributed by atoms with Crippen molar-refractivity contribution in [1.29, 1.82) is 0 Å². The molecule has 30 heavy (non-hydrogen) atoms. The second-order valence-corrected chi connectivity index (χ2v) is 7.18. The Hall–Kier alpha value is -2.63. The number of hydrogen-bond acceptors (Lipinski definition) is 4. The Morgan fingerprint density at radius 1 is 1.13 bits per heavy atom. The van der Waals surface area contributed by atoms with E-state index in [1.807, 2.05) is 0 Å². The minimum atomic E-state index is -5.03. The third-order valence-electron chi connectivity index (χ3n) is 4.36. The second-order valence-electron chi connectivity index (χ2n) is 6.32. The van der Waals surface area contributed by atoms with E-state index in [-0.39, 0.29) is 23.6 Å². The maximum Gasteiger partial charge on any atom is 0.420 e. The summed E-state index contributed by atoms with van der Waals surface area (Å²) in [4.78, 5) is 19.5. The van der Waals surface area contributed by atoms with Crippen LogP contribution in [0.2, 0.25) is 0 Å². The number of Topliss-reactive ketones (excluding diaryl/α,β-unsaturated/α-hetero) is 1. The van der Waals surface area contributed by atoms with Crippen molar-refractivity contribution in [2.45, 2.75) is 32.6 Å². The lowest BCUT2D eigenvalue weighted by Gasteiger charge is -2.18. The van der Waals surface area contributed by atoms with Gasteiger partial charge in [-0.2, -0.15) is 26.3 Å². The number of imidazole rings is 1. The van der Waals surface area contributed by atoms with Gasteiger partial charge in [0.05, 0.1) is 27.0 Å². The Labute approximate surface area is 173 Å². The summed E-state index contributed by atoms with van der Waals surface area (Å²) in [5.41, 5.74) is -4.05. The maximum atomic E-state index is 13.8. The first-order valence-electron chi connectivity index (χ1n) is 8.35. The van der Waals surface area contributed by atoms with Crippen molar-refractivity contribution in [3.63, 3.8) is 0 Å². The summed E-state index contributed by atoms with van der Waals surface area (Å²) >= 11 is 2.76. The molecule has 2 heterocycles. The fraction of sp³-hybridized carbons (Fsp3) is 0.278. The van der Waals surface area contributed by atoms with E-state index < -0.39 is 50.7 Å². The summed E-state index contributed by atoms with van der Waals surface area (Å²) in [7, 11) is 0. The lowest BCUT2D eigenvalue weighted by Crippen LogP contribution is -2.14. The summed E-state index contributed by atoms with van der Waals surface area (Å²) in [5, 5.41) is 9.76. The fourth-order valence-corrected chi connectivity index (χ4v) is 3.58. The van der Waals surface area contributed by atoms with Crippen LogP contribution in [0.25, 0.3) is 17.0 Å². The molecule has 0 aliphatic carbocycles. The number of aromatic hydroxyl groups is 1. The number of halogens is 7. The smallest absolute Gasteiger partial charge is 0.420 e. The van der Waals surface area contributed by atoms with E-state index in [9.17, 15) is 36.2 Å². The van der Waals surface area contributed by atoms with Crippen LogP contribution in [0.1, 0.15) is 41.2 Å². The zero-order valence-electron chi connectivity index (χ0n) is 15.3. The lowest BCUT2D eigenvalue weighted by atomic mass is 10.0. The molecule has 0 aliphatic heterocycles. The SMILES string of the molecule is CCc1c(C(C)=O)nc2ncc(C(F)(F)F)c(-c3cc(Br)c(O)c(C(F)(F)F)c3)n12. The van der Waals surface area contributed by atoms with Crippen molar-refractivity contribution in [3.8, 4) is 17.0 Å². The monoisotopic (exact) mass is 495 g/mol. The van der Waals surface area contributed by atoms with E-state index in [0.717, 1.165) is 10.5 Å². The number of aryl methyl sites for hydroxylation is 1. The third kappa shape index (κ3) is 3.64. The Morgan fingerprint density at radius 2 is 1.73 bits per heavy atom. The lowest BCUT2D eigenvalue weighted by molar-refractivity contribution is -0.138. The van der Waals surface area contributed by atoms with Crippen LogP contribution in [0.4, 0.5) is 26.3 Å². The van der Waals surface area contributed by atoms with E-state index >= 15 is 0 Å². The summed E-state index contributed by atoms with van der Waals surface area (Å²) < 4.78 is 81.8. The molecule has 5 nitrogen and oxygen atoms in total. The highest BCUT2D eigenvalue weighted by Crippen LogP contribution is 2.45. The minimum Gasteiger partial charge on any atom is -0.506 e. The maximum absolute atomic E-state index is 13.8. The molecular formula is C18H12BrF6N3O2. The van der Waals surface area contributed by atoms with Gasteiger partial charge in [-0.3, -0.25) is 9.20 Å². The number of hydrogen-bond donors (Lipinski definition) is 1. The molecule has 0 atom stereocenters. The van der Waals surface area contributed by atoms with E-state index in [4.69, 9.17) is 0 Å². The van der Waals surface area contributed by atoms with Crippen LogP contribution in [-0.4, -0.2) is 25.3 Å². The molecule has 1 aromatic carbocycles. The van der Waals surface area contributed by atoms with Gasteiger partial charge in [-0.15, -0.1) is 0 Å². The van der Waals surface area contributed by atoms with Crippen LogP contribution in [0.3, 0.4) is 0 Å². The highest BCUT2D eigenvalue weighted by Gasteiger charge is 2.39. The van der Waals surface area contributed by atoms with E-state index in [2.05, 4.69) is 25.9 Å². The Bertz CT molecular complexity index is 1170. The van der Waals surface area contributed by atoms with Crippen molar-refractivity contribution >= 4 is 27.5 Å². The molecule has 0 spiro atoms. The molecule has 0 saturated carbocycles. The number of carbonyl (C=O) groups excluding carboxylic acids is 1. The molecule has 3 aromatic rings. The van der Waals surface area contributed by atoms with E-state index in [0.29, 0.717) is 12.3 Å². The fourth-order valence-electron chi connectivity index (χ4n) is 3.12. The van der Waals surface area contributed by atoms with E-state index in [1.165, 1.54) is 6.92 Å². The van der Waals surface area contributed by atoms with Gasteiger partial charge in [0.2, 0.25) is 5.78 Å². The zero-order valence-corrected chi connectivity index (χ0v) is 16.9. The molecule has 1 N–H and O–H groups in total. The Balaban J connectivity index is 2.54. The van der Waals surface area contributed by atoms with Gasteiger partial charge in [-0.1, -0.05) is 6.92 Å². The summed E-state index contributed by atoms with van der Waals surface area (Å²) in [5.74, 6) is -1.95. The molecule has 0 radical (unpaired) electrons. The molecule has 0 amide bonds. The zero-order chi connectivity index (χ0) is 22.6. The van der Waals surface area contributed by atoms with Gasteiger partial charge in [-0.25, -0.2) is 9.97 Å². The van der Waals surface area contributed by atoms with Crippen molar-refractivity contribution in [1.82, 2.24) is 14.4 Å². The number of nitrogens with zero attached hydrogens (tertiary/aromatic N) is 3. The number of phenolic OH excluding ortho intramolecular Hbond substituents is 1. The van der Waals surface area contributed by atoms with Crippen molar-refractivity contribution in [3.05, 3.63) is 45.3 Å². The molecule has 0 aliphatic rings. The molecule has 3 rings (SSSR count). The van der Waals surface area contributed by atoms with Crippen LogP contribution in [0.5, 0.6) is 5.75 Å². The quantitative estimate of drug-likeness (QED) is 0.375. The first-order valence-corrected chi connectivity index (χ1v) is 9.15. The molecular weight excluding hydrogens is 484 g/mol. The van der Waals surface area contributed by atoms with Crippen molar-refractivity contribution in [2.75, 3.05) is 0 Å². The second kappa shape index (κ2) is 7.25. The summed E-state index contributed by atoms with van der Waals surface area (Å²) in [6, 6.07) is 1.35. The number of carbonyl (C=O) groups is 1. The number of aromatic nitrogens is 3. The third-order valence-corrected chi connectivity index (χ3v) is 4.96. The largest absolute Gasteiger partial charge is 0.506 e. The van der Waals surface area contributed by atoms with Gasteiger partial charge in [0.15, 0.2) is 5.78 Å². The van der Waals surface area contributed by atoms with Crippen LogP contribution >= 0.6 is 15.9 Å². The number of benzene rings is 1. The topological polar surface area (TPSA) is 67.5 Å². The van der Waals surface area contributed by atoms with Crippen LogP contribution in [-0.2, 0) is 18.8 Å². The van der Waals surface area contributed by atoms with E-state index in [1.54, 1.807) is 6.92 Å². The predicted octanol–water partition coefficient (Wildman–Crippen LogP) is 5.67. The minimum absolute atomic E-state index is 0.0669. The molecule has 0 saturated heterocycles. The summed E-state index contributed by atoms with van der Waals surface area (Å²) in [6.45, 7) is 2.73. The molecule has 160 valence electrons. The van der Waals surface area contributed by atoms with Gasteiger partial charge in [0, 0.05) is 18.7 Å². The molecule has 2 aromatic heterocycles. The van der Waals surface area contributed by atoms with Gasteiger partial charge >= 0.3 is 12.4 Å². The van der Waals surface area contributed by atoms with Gasteiger partial charge in [-0.05, 0) is 34.5 Å². The predicted molar refractivity (Wildman–Crippen MR) is 97.2 cm³/mol. The van der Waals surface area contributed by atoms with Gasteiger partial charge < -0.3 is 5.11 Å². The molecule has 0 fully saturated rings. The highest BCUT2D eigenvalue weighted by atomic mass is 79.9. The average Bonchev–Trinajstić information content (AvgIpc) is 3.00.